The van der Waals surface area contributed by atoms with Crippen molar-refractivity contribution < 1.29 is 9.53 Å². The molecule has 1 spiro atoms. The van der Waals surface area contributed by atoms with E-state index in [2.05, 4.69) is 20.0 Å². The number of anilines is 2. The van der Waals surface area contributed by atoms with E-state index in [9.17, 15) is 4.79 Å². The number of benzene rings is 1. The third-order valence-corrected chi connectivity index (χ3v) is 4.41. The zero-order valence-corrected chi connectivity index (χ0v) is 13.7. The van der Waals surface area contributed by atoms with Crippen LogP contribution in [0.25, 0.3) is 0 Å². The number of nitrogens with two attached hydrogens (primary N) is 2. The summed E-state index contributed by atoms with van der Waals surface area (Å²) in [5.74, 6) is 0.577. The third kappa shape index (κ3) is 2.99. The van der Waals surface area contributed by atoms with Crippen LogP contribution in [-0.2, 0) is 4.74 Å². The van der Waals surface area contributed by atoms with Crippen molar-refractivity contribution in [1.82, 2.24) is 0 Å². The Kier molecular flexibility index (Phi) is 4.28. The lowest BCUT2D eigenvalue weighted by Gasteiger charge is -2.45. The summed E-state index contributed by atoms with van der Waals surface area (Å²) in [6, 6.07) is 7.33. The highest BCUT2D eigenvalue weighted by Crippen LogP contribution is 2.39. The molecule has 3 rings (SSSR count). The number of methoxy groups -OCH3 is 1. The highest BCUT2D eigenvalue weighted by molar-refractivity contribution is 6.05. The average Bonchev–Trinajstić information content (AvgIpc) is 2.56. The molecule has 1 saturated carbocycles. The molecule has 1 fully saturated rings. The molecule has 0 radical (unpaired) electrons. The largest absolute Gasteiger partial charge is 0.453 e. The molecular weight excluding hydrogens is 308 g/mol. The fraction of sp³-hybridized carbons (Fsp3) is 0.438. The minimum atomic E-state index is -0.511. The molecule has 0 bridgehead atoms. The molecule has 1 heterocycles. The van der Waals surface area contributed by atoms with Gasteiger partial charge in [0, 0.05) is 11.4 Å². The number of aliphatic imine (C=N–C) groups is 2. The van der Waals surface area contributed by atoms with Crippen LogP contribution in [0.1, 0.15) is 32.1 Å². The van der Waals surface area contributed by atoms with Gasteiger partial charge in [-0.2, -0.15) is 4.99 Å². The van der Waals surface area contributed by atoms with E-state index in [0.29, 0.717) is 11.6 Å². The number of ether oxygens (including phenoxy) is 1. The highest BCUT2D eigenvalue weighted by Gasteiger charge is 2.42. The van der Waals surface area contributed by atoms with E-state index in [-0.39, 0.29) is 5.96 Å². The second-order valence-corrected chi connectivity index (χ2v) is 5.98. The molecule has 1 aromatic carbocycles. The molecular formula is C16H22N6O2. The third-order valence-electron chi connectivity index (χ3n) is 4.41. The van der Waals surface area contributed by atoms with Crippen LogP contribution in [0.15, 0.2) is 34.3 Å². The van der Waals surface area contributed by atoms with Gasteiger partial charge in [0.1, 0.15) is 5.66 Å². The van der Waals surface area contributed by atoms with Gasteiger partial charge < -0.3 is 16.2 Å². The van der Waals surface area contributed by atoms with Crippen LogP contribution in [-0.4, -0.2) is 30.8 Å². The Morgan fingerprint density at radius 2 is 1.88 bits per heavy atom. The van der Waals surface area contributed by atoms with E-state index in [0.717, 1.165) is 31.4 Å². The number of amides is 1. The number of carbonyl (C=O) groups excluding carboxylic acids is 1. The molecule has 8 nitrogen and oxygen atoms in total. The maximum absolute atomic E-state index is 11.3. The topological polar surface area (TPSA) is 118 Å². The number of guanidine groups is 2. The van der Waals surface area contributed by atoms with Crippen LogP contribution in [0.3, 0.4) is 0 Å². The Hall–Kier alpha value is -2.77. The quantitative estimate of drug-likeness (QED) is 0.766. The van der Waals surface area contributed by atoms with Crippen molar-refractivity contribution >= 4 is 29.4 Å². The number of carbonyl (C=O) groups is 1. The predicted octanol–water partition coefficient (Wildman–Crippen LogP) is 1.97. The van der Waals surface area contributed by atoms with Crippen molar-refractivity contribution in [2.45, 2.75) is 37.8 Å². The SMILES string of the molecule is COC(=O)Nc1ccc(N2C(N)=NC(N)=NC23CCCCC3)cc1. The van der Waals surface area contributed by atoms with E-state index in [1.165, 1.54) is 13.5 Å². The molecule has 5 N–H and O–H groups in total. The number of nitrogens with zero attached hydrogens (tertiary/aromatic N) is 3. The van der Waals surface area contributed by atoms with Gasteiger partial charge in [-0.3, -0.25) is 10.2 Å². The second-order valence-electron chi connectivity index (χ2n) is 5.98. The lowest BCUT2D eigenvalue weighted by Crippen LogP contribution is -2.58. The molecule has 1 aliphatic carbocycles. The summed E-state index contributed by atoms with van der Waals surface area (Å²) in [5, 5.41) is 2.62. The number of rotatable bonds is 2. The van der Waals surface area contributed by atoms with Crippen molar-refractivity contribution in [2.75, 3.05) is 17.3 Å². The summed E-state index contributed by atoms with van der Waals surface area (Å²) in [7, 11) is 1.32. The lowest BCUT2D eigenvalue weighted by atomic mass is 9.87. The maximum atomic E-state index is 11.3. The Morgan fingerprint density at radius 1 is 1.21 bits per heavy atom. The first kappa shape index (κ1) is 16.1. The second kappa shape index (κ2) is 6.38. The maximum Gasteiger partial charge on any atom is 0.411 e. The van der Waals surface area contributed by atoms with Gasteiger partial charge >= 0.3 is 6.09 Å². The summed E-state index contributed by atoms with van der Waals surface area (Å²) in [6.45, 7) is 0. The van der Waals surface area contributed by atoms with E-state index < -0.39 is 11.8 Å². The Bertz CT molecular complexity index is 676. The first-order valence-corrected chi connectivity index (χ1v) is 7.99. The summed E-state index contributed by atoms with van der Waals surface area (Å²) >= 11 is 0. The fourth-order valence-electron chi connectivity index (χ4n) is 3.36. The Labute approximate surface area is 140 Å². The average molecular weight is 330 g/mol. The first-order valence-electron chi connectivity index (χ1n) is 7.99. The van der Waals surface area contributed by atoms with Crippen molar-refractivity contribution in [3.63, 3.8) is 0 Å². The summed E-state index contributed by atoms with van der Waals surface area (Å²) in [4.78, 5) is 22.0. The zero-order chi connectivity index (χ0) is 17.2. The van der Waals surface area contributed by atoms with Crippen molar-refractivity contribution in [3.8, 4) is 0 Å². The monoisotopic (exact) mass is 330 g/mol. The van der Waals surface area contributed by atoms with Gasteiger partial charge in [0.05, 0.1) is 7.11 Å². The van der Waals surface area contributed by atoms with Crippen LogP contribution in [0.5, 0.6) is 0 Å². The smallest absolute Gasteiger partial charge is 0.411 e. The van der Waals surface area contributed by atoms with Crippen molar-refractivity contribution in [3.05, 3.63) is 24.3 Å². The summed E-state index contributed by atoms with van der Waals surface area (Å²) in [6.07, 6.45) is 4.58. The van der Waals surface area contributed by atoms with E-state index in [1.807, 2.05) is 17.0 Å². The minimum Gasteiger partial charge on any atom is -0.453 e. The van der Waals surface area contributed by atoms with E-state index >= 15 is 0 Å². The van der Waals surface area contributed by atoms with Gasteiger partial charge in [-0.1, -0.05) is 6.42 Å². The molecule has 8 heteroatoms. The van der Waals surface area contributed by atoms with Crippen LogP contribution >= 0.6 is 0 Å². The molecule has 1 aromatic rings. The van der Waals surface area contributed by atoms with Crippen molar-refractivity contribution in [2.24, 2.45) is 21.5 Å². The Balaban J connectivity index is 1.91. The number of hydrogen-bond acceptors (Lipinski definition) is 7. The lowest BCUT2D eigenvalue weighted by molar-refractivity contribution is 0.187. The fourth-order valence-corrected chi connectivity index (χ4v) is 3.36. The molecule has 1 amide bonds. The molecule has 2 aliphatic rings. The van der Waals surface area contributed by atoms with Gasteiger partial charge in [-0.05, 0) is 49.9 Å². The molecule has 0 saturated heterocycles. The van der Waals surface area contributed by atoms with E-state index in [1.54, 1.807) is 12.1 Å². The van der Waals surface area contributed by atoms with E-state index in [4.69, 9.17) is 11.5 Å². The predicted molar refractivity (Wildman–Crippen MR) is 94.0 cm³/mol. The normalized spacial score (nSPS) is 19.5. The van der Waals surface area contributed by atoms with Gasteiger partial charge in [0.2, 0.25) is 11.9 Å². The van der Waals surface area contributed by atoms with Crippen molar-refractivity contribution in [1.29, 1.82) is 0 Å². The highest BCUT2D eigenvalue weighted by atomic mass is 16.5. The molecule has 0 atom stereocenters. The standard InChI is InChI=1S/C16H22N6O2/c1-24-15(23)19-11-5-7-12(8-6-11)22-14(18)20-13(17)21-16(22)9-3-2-4-10-16/h5-8H,2-4,9-10H2,1H3,(H,19,23)(H4,17,18,20,21). The van der Waals surface area contributed by atoms with Gasteiger partial charge in [-0.15, -0.1) is 0 Å². The molecule has 128 valence electrons. The van der Waals surface area contributed by atoms with Crippen LogP contribution in [0.2, 0.25) is 0 Å². The summed E-state index contributed by atoms with van der Waals surface area (Å²) in [5.41, 5.74) is 13.1. The number of nitrogens with one attached hydrogen (secondary N) is 1. The summed E-state index contributed by atoms with van der Waals surface area (Å²) < 4.78 is 4.59. The zero-order valence-electron chi connectivity index (χ0n) is 13.7. The Morgan fingerprint density at radius 3 is 2.50 bits per heavy atom. The number of hydrogen-bond donors (Lipinski definition) is 3. The van der Waals surface area contributed by atoms with Crippen LogP contribution < -0.4 is 21.7 Å². The molecule has 24 heavy (non-hydrogen) atoms. The molecule has 1 aliphatic heterocycles. The molecule has 0 unspecified atom stereocenters. The van der Waals surface area contributed by atoms with Crippen LogP contribution in [0, 0.1) is 0 Å². The first-order chi connectivity index (χ1) is 11.5. The van der Waals surface area contributed by atoms with Crippen LogP contribution in [0.4, 0.5) is 16.2 Å². The minimum absolute atomic E-state index is 0.231. The molecule has 0 aromatic heterocycles. The van der Waals surface area contributed by atoms with Gasteiger partial charge in [0.25, 0.3) is 0 Å². The van der Waals surface area contributed by atoms with Gasteiger partial charge in [0.15, 0.2) is 0 Å². The van der Waals surface area contributed by atoms with Gasteiger partial charge in [-0.25, -0.2) is 9.79 Å².